The lowest BCUT2D eigenvalue weighted by Crippen LogP contribution is -2.47. The van der Waals surface area contributed by atoms with Crippen LogP contribution in [0.3, 0.4) is 0 Å². The minimum atomic E-state index is -4.42. The summed E-state index contributed by atoms with van der Waals surface area (Å²) in [6.45, 7) is 4.20. The maximum absolute atomic E-state index is 13.0. The average Bonchev–Trinajstić information content (AvgIpc) is 2.63. The van der Waals surface area contributed by atoms with Gasteiger partial charge in [0.15, 0.2) is 0 Å². The van der Waals surface area contributed by atoms with Crippen LogP contribution in [0.1, 0.15) is 5.56 Å². The molecule has 26 heavy (non-hydrogen) atoms. The standard InChI is InChI=1S/C18H20F4N4/c19-14-3-5-15(6-4-14)26-12-10-25(11-13-26)9-8-24-17-16(18(20,21)22)2-1-7-23-17/h1-7H,8-13H2,(H,23,24). The Morgan fingerprint density at radius 1 is 1.00 bits per heavy atom. The van der Waals surface area contributed by atoms with Crippen LogP contribution in [-0.2, 0) is 6.18 Å². The molecule has 4 nitrogen and oxygen atoms in total. The Kier molecular flexibility index (Phi) is 5.61. The number of rotatable bonds is 5. The summed E-state index contributed by atoms with van der Waals surface area (Å²) in [6.07, 6.45) is -3.07. The van der Waals surface area contributed by atoms with Crippen LogP contribution in [0.5, 0.6) is 0 Å². The van der Waals surface area contributed by atoms with Crippen molar-refractivity contribution in [3.05, 3.63) is 54.0 Å². The van der Waals surface area contributed by atoms with Crippen LogP contribution in [-0.4, -0.2) is 49.2 Å². The van der Waals surface area contributed by atoms with E-state index < -0.39 is 11.7 Å². The zero-order valence-corrected chi connectivity index (χ0v) is 14.1. The molecule has 1 aromatic heterocycles. The summed E-state index contributed by atoms with van der Waals surface area (Å²) in [6, 6.07) is 8.70. The van der Waals surface area contributed by atoms with Crippen molar-refractivity contribution in [2.75, 3.05) is 49.5 Å². The fourth-order valence-corrected chi connectivity index (χ4v) is 2.99. The Morgan fingerprint density at radius 3 is 2.35 bits per heavy atom. The highest BCUT2D eigenvalue weighted by molar-refractivity contribution is 5.47. The first-order chi connectivity index (χ1) is 12.4. The van der Waals surface area contributed by atoms with Gasteiger partial charge in [0.05, 0.1) is 5.56 Å². The SMILES string of the molecule is Fc1ccc(N2CCN(CCNc3ncccc3C(F)(F)F)CC2)cc1. The van der Waals surface area contributed by atoms with Crippen LogP contribution in [0.2, 0.25) is 0 Å². The molecule has 1 aliphatic heterocycles. The summed E-state index contributed by atoms with van der Waals surface area (Å²) in [5, 5.41) is 2.79. The van der Waals surface area contributed by atoms with Gasteiger partial charge in [0.25, 0.3) is 0 Å². The van der Waals surface area contributed by atoms with Gasteiger partial charge in [0.2, 0.25) is 0 Å². The molecule has 3 rings (SSSR count). The minimum absolute atomic E-state index is 0.134. The van der Waals surface area contributed by atoms with E-state index in [1.807, 2.05) is 0 Å². The monoisotopic (exact) mass is 368 g/mol. The van der Waals surface area contributed by atoms with Crippen molar-refractivity contribution >= 4 is 11.5 Å². The zero-order valence-electron chi connectivity index (χ0n) is 14.1. The first kappa shape index (κ1) is 18.4. The Balaban J connectivity index is 1.47. The maximum Gasteiger partial charge on any atom is 0.419 e. The van der Waals surface area contributed by atoms with Crippen LogP contribution in [0.15, 0.2) is 42.6 Å². The average molecular weight is 368 g/mol. The van der Waals surface area contributed by atoms with Crippen LogP contribution in [0.25, 0.3) is 0 Å². The molecule has 8 heteroatoms. The fourth-order valence-electron chi connectivity index (χ4n) is 2.99. The van der Waals surface area contributed by atoms with Crippen LogP contribution >= 0.6 is 0 Å². The van der Waals surface area contributed by atoms with Gasteiger partial charge in [-0.3, -0.25) is 4.90 Å². The Labute approximate surface area is 149 Å². The number of nitrogens with zero attached hydrogens (tertiary/aromatic N) is 3. The van der Waals surface area contributed by atoms with E-state index >= 15 is 0 Å². The van der Waals surface area contributed by atoms with Crippen molar-refractivity contribution in [1.82, 2.24) is 9.88 Å². The highest BCUT2D eigenvalue weighted by atomic mass is 19.4. The predicted octanol–water partition coefficient (Wildman–Crippen LogP) is 3.47. The van der Waals surface area contributed by atoms with Crippen molar-refractivity contribution in [3.8, 4) is 0 Å². The first-order valence-electron chi connectivity index (χ1n) is 8.42. The molecule has 2 heterocycles. The molecule has 1 aromatic carbocycles. The van der Waals surface area contributed by atoms with E-state index in [1.165, 1.54) is 24.4 Å². The second kappa shape index (κ2) is 7.90. The fraction of sp³-hybridized carbons (Fsp3) is 0.389. The number of anilines is 2. The maximum atomic E-state index is 13.0. The molecule has 1 aliphatic rings. The third-order valence-corrected chi connectivity index (χ3v) is 4.40. The highest BCUT2D eigenvalue weighted by Gasteiger charge is 2.34. The van der Waals surface area contributed by atoms with E-state index in [2.05, 4.69) is 20.1 Å². The first-order valence-corrected chi connectivity index (χ1v) is 8.42. The molecule has 0 radical (unpaired) electrons. The molecule has 0 amide bonds. The smallest absolute Gasteiger partial charge is 0.369 e. The van der Waals surface area contributed by atoms with E-state index in [4.69, 9.17) is 0 Å². The van der Waals surface area contributed by atoms with Crippen LogP contribution < -0.4 is 10.2 Å². The second-order valence-corrected chi connectivity index (χ2v) is 6.13. The third kappa shape index (κ3) is 4.63. The van der Waals surface area contributed by atoms with E-state index in [-0.39, 0.29) is 11.6 Å². The largest absolute Gasteiger partial charge is 0.419 e. The molecule has 0 saturated carbocycles. The summed E-state index contributed by atoms with van der Waals surface area (Å²) in [4.78, 5) is 8.15. The number of benzene rings is 1. The molecule has 1 fully saturated rings. The van der Waals surface area contributed by atoms with Gasteiger partial charge in [-0.2, -0.15) is 13.2 Å². The van der Waals surface area contributed by atoms with Crippen molar-refractivity contribution in [1.29, 1.82) is 0 Å². The molecule has 1 N–H and O–H groups in total. The van der Waals surface area contributed by atoms with Gasteiger partial charge in [0.1, 0.15) is 11.6 Å². The molecule has 0 aliphatic carbocycles. The number of hydrogen-bond donors (Lipinski definition) is 1. The molecular weight excluding hydrogens is 348 g/mol. The van der Waals surface area contributed by atoms with E-state index in [9.17, 15) is 17.6 Å². The molecule has 0 bridgehead atoms. The number of pyridine rings is 1. The van der Waals surface area contributed by atoms with Gasteiger partial charge >= 0.3 is 6.18 Å². The summed E-state index contributed by atoms with van der Waals surface area (Å²) in [7, 11) is 0. The molecule has 140 valence electrons. The Bertz CT molecular complexity index is 710. The molecule has 0 spiro atoms. The lowest BCUT2D eigenvalue weighted by atomic mass is 10.2. The van der Waals surface area contributed by atoms with Gasteiger partial charge in [-0.15, -0.1) is 0 Å². The van der Waals surface area contributed by atoms with Gasteiger partial charge in [0, 0.05) is 51.2 Å². The molecule has 0 atom stereocenters. The van der Waals surface area contributed by atoms with Gasteiger partial charge in [-0.1, -0.05) is 0 Å². The highest BCUT2D eigenvalue weighted by Crippen LogP contribution is 2.33. The number of nitrogens with one attached hydrogen (secondary N) is 1. The van der Waals surface area contributed by atoms with E-state index in [0.717, 1.165) is 37.9 Å². The summed E-state index contributed by atoms with van der Waals surface area (Å²) >= 11 is 0. The van der Waals surface area contributed by atoms with E-state index in [1.54, 1.807) is 12.1 Å². The lowest BCUT2D eigenvalue weighted by molar-refractivity contribution is -0.137. The number of hydrogen-bond acceptors (Lipinski definition) is 4. The molecule has 1 saturated heterocycles. The number of halogens is 4. The normalized spacial score (nSPS) is 15.9. The van der Waals surface area contributed by atoms with Gasteiger partial charge in [-0.25, -0.2) is 9.37 Å². The third-order valence-electron chi connectivity index (χ3n) is 4.40. The summed E-state index contributed by atoms with van der Waals surface area (Å²) < 4.78 is 51.8. The quantitative estimate of drug-likeness (QED) is 0.819. The van der Waals surface area contributed by atoms with Crippen molar-refractivity contribution in [2.45, 2.75) is 6.18 Å². The number of piperazine rings is 1. The van der Waals surface area contributed by atoms with Crippen LogP contribution in [0, 0.1) is 5.82 Å². The van der Waals surface area contributed by atoms with Gasteiger partial charge in [-0.05, 0) is 36.4 Å². The molecule has 0 unspecified atom stereocenters. The predicted molar refractivity (Wildman–Crippen MR) is 92.8 cm³/mol. The summed E-state index contributed by atoms with van der Waals surface area (Å²) in [5.41, 5.74) is 0.230. The number of alkyl halides is 3. The van der Waals surface area contributed by atoms with Crippen LogP contribution in [0.4, 0.5) is 29.1 Å². The van der Waals surface area contributed by atoms with E-state index in [0.29, 0.717) is 13.1 Å². The number of aromatic nitrogens is 1. The summed E-state index contributed by atoms with van der Waals surface area (Å²) in [5.74, 6) is -0.392. The van der Waals surface area contributed by atoms with Crippen molar-refractivity contribution in [3.63, 3.8) is 0 Å². The molecular formula is C18H20F4N4. The second-order valence-electron chi connectivity index (χ2n) is 6.13. The molecule has 2 aromatic rings. The Morgan fingerprint density at radius 2 is 1.69 bits per heavy atom. The minimum Gasteiger partial charge on any atom is -0.369 e. The van der Waals surface area contributed by atoms with Gasteiger partial charge < -0.3 is 10.2 Å². The zero-order chi connectivity index (χ0) is 18.6. The van der Waals surface area contributed by atoms with Crippen molar-refractivity contribution in [2.24, 2.45) is 0 Å². The van der Waals surface area contributed by atoms with Crippen molar-refractivity contribution < 1.29 is 17.6 Å². The topological polar surface area (TPSA) is 31.4 Å². The Hall–Kier alpha value is -2.35. The lowest BCUT2D eigenvalue weighted by Gasteiger charge is -2.36.